The van der Waals surface area contributed by atoms with Gasteiger partial charge in [-0.05, 0) is 52.2 Å². The van der Waals surface area contributed by atoms with Crippen LogP contribution in [0.4, 0.5) is 0 Å². The van der Waals surface area contributed by atoms with Crippen LogP contribution in [0, 0.1) is 5.41 Å². The molecule has 0 aromatic carbocycles. The molecule has 0 unspecified atom stereocenters. The molecule has 0 radical (unpaired) electrons. The summed E-state index contributed by atoms with van der Waals surface area (Å²) in [4.78, 5) is 35.2. The number of hydrogen-bond acceptors (Lipinski definition) is 4. The Bertz CT molecular complexity index is 549. The number of esters is 1. The SMILES string of the molecule is CC(C)=CC(=O)/C=C(\C)CC[C@]12CC(=O)CC[C@@H]1OC(=O)C2. The van der Waals surface area contributed by atoms with Gasteiger partial charge in [0.1, 0.15) is 11.9 Å². The van der Waals surface area contributed by atoms with E-state index in [1.807, 2.05) is 20.8 Å². The molecule has 0 aromatic rings. The maximum absolute atomic E-state index is 11.8. The topological polar surface area (TPSA) is 60.4 Å². The fourth-order valence-electron chi connectivity index (χ4n) is 3.47. The molecule has 1 saturated carbocycles. The first-order valence-corrected chi connectivity index (χ1v) is 7.88. The Kier molecular flexibility index (Phi) is 4.99. The summed E-state index contributed by atoms with van der Waals surface area (Å²) in [5.41, 5.74) is 1.61. The molecule has 0 N–H and O–H groups in total. The summed E-state index contributed by atoms with van der Waals surface area (Å²) in [6.07, 6.45) is 6.47. The second kappa shape index (κ2) is 6.59. The molecule has 22 heavy (non-hydrogen) atoms. The monoisotopic (exact) mass is 304 g/mol. The van der Waals surface area contributed by atoms with Crippen molar-refractivity contribution in [1.29, 1.82) is 0 Å². The van der Waals surface area contributed by atoms with Crippen molar-refractivity contribution in [3.05, 3.63) is 23.3 Å². The number of carbonyl (C=O) groups excluding carboxylic acids is 3. The smallest absolute Gasteiger partial charge is 0.306 e. The van der Waals surface area contributed by atoms with Gasteiger partial charge >= 0.3 is 5.97 Å². The van der Waals surface area contributed by atoms with Crippen molar-refractivity contribution in [2.45, 2.75) is 65.4 Å². The van der Waals surface area contributed by atoms with E-state index < -0.39 is 0 Å². The standard InChI is InChI=1S/C18H24O4/c1-12(2)8-15(20)9-13(3)6-7-18-10-14(19)4-5-16(18)22-17(21)11-18/h8-9,16H,4-7,10-11H2,1-3H3/b13-9+/t16-,18+/m0/s1. The van der Waals surface area contributed by atoms with E-state index in [1.165, 1.54) is 0 Å². The summed E-state index contributed by atoms with van der Waals surface area (Å²) in [5.74, 6) is 0.0174. The molecule has 0 spiro atoms. The zero-order valence-electron chi connectivity index (χ0n) is 13.6. The highest BCUT2D eigenvalue weighted by Gasteiger charge is 2.51. The van der Waals surface area contributed by atoms with E-state index in [9.17, 15) is 14.4 Å². The molecule has 2 rings (SSSR count). The molecule has 0 amide bonds. The van der Waals surface area contributed by atoms with Crippen LogP contribution in [0.1, 0.15) is 59.3 Å². The Morgan fingerprint density at radius 1 is 1.23 bits per heavy atom. The largest absolute Gasteiger partial charge is 0.462 e. The summed E-state index contributed by atoms with van der Waals surface area (Å²) < 4.78 is 5.40. The molecule has 0 bridgehead atoms. The molecule has 2 fully saturated rings. The van der Waals surface area contributed by atoms with Crippen molar-refractivity contribution >= 4 is 17.5 Å². The molecule has 120 valence electrons. The number of rotatable bonds is 5. The minimum Gasteiger partial charge on any atom is -0.462 e. The molecule has 1 heterocycles. The zero-order chi connectivity index (χ0) is 16.3. The molecule has 2 atom stereocenters. The third-order valence-electron chi connectivity index (χ3n) is 4.52. The minimum absolute atomic E-state index is 0.00924. The first-order chi connectivity index (χ1) is 10.3. The molecular weight excluding hydrogens is 280 g/mol. The quantitative estimate of drug-likeness (QED) is 0.577. The average Bonchev–Trinajstić information content (AvgIpc) is 2.71. The predicted octanol–water partition coefficient (Wildman–Crippen LogP) is 3.30. The van der Waals surface area contributed by atoms with Gasteiger partial charge in [-0.25, -0.2) is 0 Å². The van der Waals surface area contributed by atoms with Crippen molar-refractivity contribution in [2.24, 2.45) is 5.41 Å². The number of ether oxygens (including phenoxy) is 1. The Balaban J connectivity index is 2.03. The number of fused-ring (bicyclic) bond motifs is 1. The lowest BCUT2D eigenvalue weighted by Gasteiger charge is -2.35. The summed E-state index contributed by atoms with van der Waals surface area (Å²) in [6.45, 7) is 5.70. The van der Waals surface area contributed by atoms with Crippen LogP contribution in [0.5, 0.6) is 0 Å². The molecule has 1 aliphatic heterocycles. The van der Waals surface area contributed by atoms with E-state index in [1.54, 1.807) is 12.2 Å². The number of carbonyl (C=O) groups is 3. The number of Topliss-reactive ketones (excluding diaryl/α,β-unsaturated/α-hetero) is 1. The third-order valence-corrected chi connectivity index (χ3v) is 4.52. The summed E-state index contributed by atoms with van der Waals surface area (Å²) in [5, 5.41) is 0. The maximum Gasteiger partial charge on any atom is 0.306 e. The number of allylic oxidation sites excluding steroid dienone is 4. The Hall–Kier alpha value is -1.71. The van der Waals surface area contributed by atoms with Crippen molar-refractivity contribution in [3.8, 4) is 0 Å². The van der Waals surface area contributed by atoms with Crippen LogP contribution in [0.15, 0.2) is 23.3 Å². The first-order valence-electron chi connectivity index (χ1n) is 7.88. The number of hydrogen-bond donors (Lipinski definition) is 0. The fourth-order valence-corrected chi connectivity index (χ4v) is 3.47. The van der Waals surface area contributed by atoms with Crippen LogP contribution in [0.25, 0.3) is 0 Å². The highest BCUT2D eigenvalue weighted by atomic mass is 16.6. The lowest BCUT2D eigenvalue weighted by Crippen LogP contribution is -2.38. The van der Waals surface area contributed by atoms with Gasteiger partial charge in [0.25, 0.3) is 0 Å². The van der Waals surface area contributed by atoms with E-state index in [0.29, 0.717) is 32.1 Å². The lowest BCUT2D eigenvalue weighted by molar-refractivity contribution is -0.144. The maximum atomic E-state index is 11.8. The molecule has 1 saturated heterocycles. The van der Waals surface area contributed by atoms with Crippen molar-refractivity contribution < 1.29 is 19.1 Å². The van der Waals surface area contributed by atoms with E-state index in [4.69, 9.17) is 4.74 Å². The van der Waals surface area contributed by atoms with Gasteiger partial charge in [-0.3, -0.25) is 14.4 Å². The predicted molar refractivity (Wildman–Crippen MR) is 83.2 cm³/mol. The van der Waals surface area contributed by atoms with Gasteiger partial charge in [-0.2, -0.15) is 0 Å². The van der Waals surface area contributed by atoms with Gasteiger partial charge in [-0.15, -0.1) is 0 Å². The van der Waals surface area contributed by atoms with E-state index in [-0.39, 0.29) is 29.1 Å². The Morgan fingerprint density at radius 3 is 2.64 bits per heavy atom. The van der Waals surface area contributed by atoms with Crippen LogP contribution >= 0.6 is 0 Å². The molecule has 1 aliphatic carbocycles. The molecule has 4 heteroatoms. The summed E-state index contributed by atoms with van der Waals surface area (Å²) >= 11 is 0. The van der Waals surface area contributed by atoms with Gasteiger partial charge in [0.2, 0.25) is 0 Å². The van der Waals surface area contributed by atoms with E-state index >= 15 is 0 Å². The van der Waals surface area contributed by atoms with Gasteiger partial charge < -0.3 is 4.74 Å². The third kappa shape index (κ3) is 3.93. The molecular formula is C18H24O4. The van der Waals surface area contributed by atoms with Crippen molar-refractivity contribution in [3.63, 3.8) is 0 Å². The Labute approximate surface area is 131 Å². The van der Waals surface area contributed by atoms with Gasteiger partial charge in [0, 0.05) is 18.3 Å². The Morgan fingerprint density at radius 2 is 1.95 bits per heavy atom. The summed E-state index contributed by atoms with van der Waals surface area (Å²) in [6, 6.07) is 0. The lowest BCUT2D eigenvalue weighted by atomic mass is 9.67. The van der Waals surface area contributed by atoms with Gasteiger partial charge in [0.05, 0.1) is 6.42 Å². The van der Waals surface area contributed by atoms with Crippen molar-refractivity contribution in [1.82, 2.24) is 0 Å². The van der Waals surface area contributed by atoms with Gasteiger partial charge in [-0.1, -0.05) is 11.1 Å². The van der Waals surface area contributed by atoms with Gasteiger partial charge in [0.15, 0.2) is 5.78 Å². The summed E-state index contributed by atoms with van der Waals surface area (Å²) in [7, 11) is 0. The fraction of sp³-hybridized carbons (Fsp3) is 0.611. The molecule has 4 nitrogen and oxygen atoms in total. The van der Waals surface area contributed by atoms with E-state index in [2.05, 4.69) is 0 Å². The second-order valence-corrected chi connectivity index (χ2v) is 6.89. The normalized spacial score (nSPS) is 28.1. The van der Waals surface area contributed by atoms with E-state index in [0.717, 1.165) is 17.6 Å². The first kappa shape index (κ1) is 16.7. The van der Waals surface area contributed by atoms with Crippen LogP contribution in [-0.2, 0) is 19.1 Å². The number of ketones is 2. The zero-order valence-corrected chi connectivity index (χ0v) is 13.6. The average molecular weight is 304 g/mol. The molecule has 0 aromatic heterocycles. The van der Waals surface area contributed by atoms with Crippen LogP contribution in [0.2, 0.25) is 0 Å². The van der Waals surface area contributed by atoms with Crippen LogP contribution in [-0.4, -0.2) is 23.6 Å². The second-order valence-electron chi connectivity index (χ2n) is 6.89. The van der Waals surface area contributed by atoms with Crippen LogP contribution < -0.4 is 0 Å². The molecule has 2 aliphatic rings. The van der Waals surface area contributed by atoms with Crippen molar-refractivity contribution in [2.75, 3.05) is 0 Å². The highest BCUT2D eigenvalue weighted by molar-refractivity contribution is 6.00. The highest BCUT2D eigenvalue weighted by Crippen LogP contribution is 2.48. The minimum atomic E-state index is -0.346. The van der Waals surface area contributed by atoms with Crippen LogP contribution in [0.3, 0.4) is 0 Å².